The molecule has 0 atom stereocenters. The van der Waals surface area contributed by atoms with Crippen molar-refractivity contribution in [2.24, 2.45) is 24.3 Å². The van der Waals surface area contributed by atoms with Crippen LogP contribution in [0.15, 0.2) is 33.2 Å². The van der Waals surface area contributed by atoms with Gasteiger partial charge in [0.1, 0.15) is 11.8 Å². The number of benzene rings is 1. The van der Waals surface area contributed by atoms with Gasteiger partial charge in [-0.05, 0) is 42.8 Å². The predicted molar refractivity (Wildman–Crippen MR) is 119 cm³/mol. The Morgan fingerprint density at radius 2 is 1.90 bits per heavy atom. The summed E-state index contributed by atoms with van der Waals surface area (Å²) in [5.74, 6) is 0.456. The van der Waals surface area contributed by atoms with Crippen LogP contribution in [0.5, 0.6) is 0 Å². The summed E-state index contributed by atoms with van der Waals surface area (Å²) >= 11 is 6.31. The lowest BCUT2D eigenvalue weighted by Crippen LogP contribution is -2.23. The van der Waals surface area contributed by atoms with Gasteiger partial charge in [-0.15, -0.1) is 5.10 Å². The molecule has 2 aromatic heterocycles. The highest BCUT2D eigenvalue weighted by molar-refractivity contribution is 6.33. The lowest BCUT2D eigenvalue weighted by molar-refractivity contribution is 0.282. The highest BCUT2D eigenvalue weighted by atomic mass is 35.5. The molecule has 0 saturated carbocycles. The zero-order chi connectivity index (χ0) is 22.7. The number of halogens is 1. The van der Waals surface area contributed by atoms with Crippen molar-refractivity contribution in [3.63, 3.8) is 0 Å². The highest BCUT2D eigenvalue weighted by Gasteiger charge is 2.15. The summed E-state index contributed by atoms with van der Waals surface area (Å²) < 4.78 is 9.96. The molecular formula is C20H25ClN8O2. The number of tetrazole rings is 1. The Morgan fingerprint density at radius 1 is 1.16 bits per heavy atom. The molecule has 1 aromatic carbocycles. The van der Waals surface area contributed by atoms with Crippen LogP contribution in [0.4, 0.5) is 0 Å². The van der Waals surface area contributed by atoms with E-state index in [1.807, 2.05) is 39.8 Å². The van der Waals surface area contributed by atoms with Crippen molar-refractivity contribution in [3.8, 4) is 5.69 Å². The van der Waals surface area contributed by atoms with Crippen molar-refractivity contribution >= 4 is 23.2 Å². The van der Waals surface area contributed by atoms with E-state index in [0.717, 1.165) is 22.4 Å². The van der Waals surface area contributed by atoms with Crippen LogP contribution in [0.25, 0.3) is 5.69 Å². The van der Waals surface area contributed by atoms with Crippen LogP contribution in [0.3, 0.4) is 0 Å². The minimum atomic E-state index is -0.333. The van der Waals surface area contributed by atoms with E-state index in [4.69, 9.17) is 16.3 Å². The summed E-state index contributed by atoms with van der Waals surface area (Å²) in [5, 5.41) is 21.1. The Hall–Kier alpha value is -3.27. The second kappa shape index (κ2) is 9.25. The lowest BCUT2D eigenvalue weighted by Gasteiger charge is -2.13. The van der Waals surface area contributed by atoms with Crippen LogP contribution in [0, 0.1) is 13.8 Å². The van der Waals surface area contributed by atoms with Gasteiger partial charge in [-0.3, -0.25) is 4.68 Å². The van der Waals surface area contributed by atoms with Crippen molar-refractivity contribution in [1.29, 1.82) is 0 Å². The Kier molecular flexibility index (Phi) is 6.69. The number of hydrogen-bond donors (Lipinski definition) is 0. The molecule has 3 rings (SSSR count). The van der Waals surface area contributed by atoms with E-state index < -0.39 is 0 Å². The average Bonchev–Trinajstić information content (AvgIpc) is 3.20. The smallest absolute Gasteiger partial charge is 0.368 e. The first-order valence-corrected chi connectivity index (χ1v) is 10.1. The molecule has 0 fully saturated rings. The van der Waals surface area contributed by atoms with E-state index in [-0.39, 0.29) is 12.3 Å². The molecule has 3 aromatic rings. The summed E-state index contributed by atoms with van der Waals surface area (Å²) in [6.07, 6.45) is 0.544. The fraction of sp³-hybridized carbons (Fsp3) is 0.400. The molecule has 11 heteroatoms. The van der Waals surface area contributed by atoms with E-state index in [1.54, 1.807) is 24.8 Å². The van der Waals surface area contributed by atoms with Gasteiger partial charge in [0.2, 0.25) is 5.90 Å². The molecule has 2 heterocycles. The quantitative estimate of drug-likeness (QED) is 0.330. The van der Waals surface area contributed by atoms with E-state index in [9.17, 15) is 4.79 Å². The highest BCUT2D eigenvalue weighted by Crippen LogP contribution is 2.20. The van der Waals surface area contributed by atoms with E-state index in [0.29, 0.717) is 28.9 Å². The van der Waals surface area contributed by atoms with Crippen LogP contribution in [-0.2, 0) is 25.4 Å². The minimum absolute atomic E-state index is 0.207. The second-order valence-corrected chi connectivity index (χ2v) is 7.42. The molecule has 0 aliphatic carbocycles. The SMILES string of the molecule is CC/C(=N\N=C(C)c1c(C)nn(C)c1Cl)OCc1c(C)cccc1-n1nnn(C)c1=O. The number of aromatic nitrogens is 6. The third kappa shape index (κ3) is 4.58. The van der Waals surface area contributed by atoms with Crippen LogP contribution < -0.4 is 5.69 Å². The Labute approximate surface area is 184 Å². The molecule has 0 spiro atoms. The molecule has 31 heavy (non-hydrogen) atoms. The number of rotatable bonds is 6. The predicted octanol–water partition coefficient (Wildman–Crippen LogP) is 2.72. The van der Waals surface area contributed by atoms with Gasteiger partial charge in [-0.2, -0.15) is 19.6 Å². The molecule has 0 aliphatic rings. The molecule has 0 bridgehead atoms. The van der Waals surface area contributed by atoms with E-state index in [2.05, 4.69) is 25.7 Å². The Bertz CT molecular complexity index is 1220. The van der Waals surface area contributed by atoms with E-state index >= 15 is 0 Å². The van der Waals surface area contributed by atoms with E-state index in [1.165, 1.54) is 9.36 Å². The summed E-state index contributed by atoms with van der Waals surface area (Å²) in [6, 6.07) is 5.61. The van der Waals surface area contributed by atoms with Crippen molar-refractivity contribution < 1.29 is 4.74 Å². The molecule has 0 saturated heterocycles. The fourth-order valence-electron chi connectivity index (χ4n) is 3.12. The van der Waals surface area contributed by atoms with Crippen LogP contribution in [-0.4, -0.2) is 41.2 Å². The maximum absolute atomic E-state index is 12.3. The fourth-order valence-corrected chi connectivity index (χ4v) is 3.43. The van der Waals surface area contributed by atoms with Gasteiger partial charge in [-0.25, -0.2) is 4.79 Å². The summed E-state index contributed by atoms with van der Waals surface area (Å²) in [7, 11) is 3.33. The normalized spacial score (nSPS) is 12.5. The van der Waals surface area contributed by atoms with Crippen molar-refractivity contribution in [2.75, 3.05) is 0 Å². The first kappa shape index (κ1) is 22.4. The maximum Gasteiger partial charge on any atom is 0.368 e. The van der Waals surface area contributed by atoms with Gasteiger partial charge in [0, 0.05) is 26.1 Å². The molecule has 0 unspecified atom stereocenters. The van der Waals surface area contributed by atoms with Gasteiger partial charge in [-0.1, -0.05) is 30.7 Å². The van der Waals surface area contributed by atoms with Gasteiger partial charge in [0.25, 0.3) is 0 Å². The third-order valence-electron chi connectivity index (χ3n) is 4.85. The molecule has 0 amide bonds. The van der Waals surface area contributed by atoms with Gasteiger partial charge in [0.15, 0.2) is 0 Å². The summed E-state index contributed by atoms with van der Waals surface area (Å²) in [4.78, 5) is 12.3. The average molecular weight is 445 g/mol. The number of hydrogen-bond acceptors (Lipinski definition) is 7. The first-order chi connectivity index (χ1) is 14.7. The first-order valence-electron chi connectivity index (χ1n) is 9.75. The second-order valence-electron chi connectivity index (χ2n) is 7.07. The Balaban J connectivity index is 1.86. The van der Waals surface area contributed by atoms with Crippen LogP contribution >= 0.6 is 11.6 Å². The van der Waals surface area contributed by atoms with Gasteiger partial charge < -0.3 is 4.74 Å². The van der Waals surface area contributed by atoms with Gasteiger partial charge in [0.05, 0.1) is 22.7 Å². The number of ether oxygens (including phenoxy) is 1. The molecule has 0 N–H and O–H groups in total. The molecule has 10 nitrogen and oxygen atoms in total. The molecule has 164 valence electrons. The number of nitrogens with zero attached hydrogens (tertiary/aromatic N) is 8. The number of aryl methyl sites for hydroxylation is 4. The van der Waals surface area contributed by atoms with Gasteiger partial charge >= 0.3 is 5.69 Å². The third-order valence-corrected chi connectivity index (χ3v) is 5.28. The topological polar surface area (TPSA) is 104 Å². The maximum atomic E-state index is 12.3. The summed E-state index contributed by atoms with van der Waals surface area (Å²) in [6.45, 7) is 7.78. The van der Waals surface area contributed by atoms with Crippen LogP contribution in [0.2, 0.25) is 5.15 Å². The minimum Gasteiger partial charge on any atom is -0.475 e. The monoisotopic (exact) mass is 444 g/mol. The van der Waals surface area contributed by atoms with Crippen LogP contribution in [0.1, 0.15) is 42.7 Å². The lowest BCUT2D eigenvalue weighted by atomic mass is 10.1. The summed E-state index contributed by atoms with van der Waals surface area (Å²) in [5.41, 5.74) is 4.24. The van der Waals surface area contributed by atoms with Crippen molar-refractivity contribution in [1.82, 2.24) is 29.6 Å². The zero-order valence-corrected chi connectivity index (χ0v) is 19.2. The Morgan fingerprint density at radius 3 is 2.48 bits per heavy atom. The largest absolute Gasteiger partial charge is 0.475 e. The zero-order valence-electron chi connectivity index (χ0n) is 18.4. The molecular weight excluding hydrogens is 420 g/mol. The molecule has 0 aliphatic heterocycles. The van der Waals surface area contributed by atoms with Crippen molar-refractivity contribution in [2.45, 2.75) is 40.7 Å². The molecule has 0 radical (unpaired) electrons. The van der Waals surface area contributed by atoms with Crippen molar-refractivity contribution in [3.05, 3.63) is 56.2 Å². The standard InChI is InChI=1S/C20H25ClN8O2/c1-7-17(23-22-13(3)18-14(4)24-27(5)19(18)21)31-11-15-12(2)9-8-10-16(15)29-20(30)28(6)25-26-29/h8-10H,7,11H2,1-6H3/b22-13?,23-17+.